The number of aromatic nitrogens is 1. The third-order valence-corrected chi connectivity index (χ3v) is 7.45. The molecule has 1 aromatic heterocycles. The molecule has 2 aliphatic carbocycles. The second-order valence-corrected chi connectivity index (χ2v) is 9.96. The van der Waals surface area contributed by atoms with Crippen LogP contribution >= 0.6 is 0 Å². The van der Waals surface area contributed by atoms with Crippen LogP contribution in [0.1, 0.15) is 98.4 Å². The van der Waals surface area contributed by atoms with Crippen molar-refractivity contribution in [3.63, 3.8) is 0 Å². The predicted molar refractivity (Wildman–Crippen MR) is 124 cm³/mol. The molecule has 5 rings (SSSR count). The van der Waals surface area contributed by atoms with Crippen molar-refractivity contribution in [3.05, 3.63) is 75.7 Å². The Kier molecular flexibility index (Phi) is 4.84. The van der Waals surface area contributed by atoms with Gasteiger partial charge in [-0.05, 0) is 80.0 Å². The van der Waals surface area contributed by atoms with Crippen LogP contribution in [-0.2, 0) is 6.42 Å². The third-order valence-electron chi connectivity index (χ3n) is 7.45. The van der Waals surface area contributed by atoms with Crippen LogP contribution in [0.25, 0.3) is 11.1 Å². The van der Waals surface area contributed by atoms with Crippen LogP contribution in [0.3, 0.4) is 0 Å². The Morgan fingerprint density at radius 1 is 1.07 bits per heavy atom. The average molecular weight is 400 g/mol. The summed E-state index contributed by atoms with van der Waals surface area (Å²) in [5.41, 5.74) is 10.8. The Morgan fingerprint density at radius 2 is 1.83 bits per heavy atom. The van der Waals surface area contributed by atoms with Gasteiger partial charge in [-0.25, -0.2) is 4.98 Å². The van der Waals surface area contributed by atoms with Crippen LogP contribution in [0.4, 0.5) is 0 Å². The van der Waals surface area contributed by atoms with E-state index in [1.807, 2.05) is 0 Å². The second kappa shape index (κ2) is 7.41. The number of oxazole rings is 1. The number of allylic oxidation sites excluding steroid dienone is 2. The molecule has 0 saturated heterocycles. The molecule has 2 aliphatic rings. The molecule has 30 heavy (non-hydrogen) atoms. The smallest absolute Gasteiger partial charge is 0.199 e. The lowest BCUT2D eigenvalue weighted by atomic mass is 9.62. The molecule has 0 radical (unpaired) electrons. The molecule has 3 aromatic rings. The van der Waals surface area contributed by atoms with E-state index in [0.29, 0.717) is 23.7 Å². The predicted octanol–water partition coefficient (Wildman–Crippen LogP) is 7.80. The summed E-state index contributed by atoms with van der Waals surface area (Å²) in [6, 6.07) is 10.5. The van der Waals surface area contributed by atoms with Crippen LogP contribution in [-0.4, -0.2) is 4.98 Å². The molecule has 4 atom stereocenters. The van der Waals surface area contributed by atoms with Gasteiger partial charge in [0.1, 0.15) is 5.52 Å². The van der Waals surface area contributed by atoms with Gasteiger partial charge in [0.05, 0.1) is 0 Å². The highest BCUT2D eigenvalue weighted by Crippen LogP contribution is 2.55. The van der Waals surface area contributed by atoms with Crippen LogP contribution in [0.5, 0.6) is 0 Å². The minimum Gasteiger partial charge on any atom is -0.440 e. The molecule has 0 bridgehead atoms. The summed E-state index contributed by atoms with van der Waals surface area (Å²) in [7, 11) is 0. The number of hydrogen-bond donors (Lipinski definition) is 0. The molecule has 1 heterocycles. The highest BCUT2D eigenvalue weighted by molar-refractivity contribution is 5.85. The van der Waals surface area contributed by atoms with Crippen molar-refractivity contribution in [2.75, 3.05) is 0 Å². The van der Waals surface area contributed by atoms with Gasteiger partial charge in [0.15, 0.2) is 11.5 Å². The highest BCUT2D eigenvalue weighted by Gasteiger charge is 2.40. The lowest BCUT2D eigenvalue weighted by Gasteiger charge is -2.42. The molecule has 2 nitrogen and oxygen atoms in total. The monoisotopic (exact) mass is 399 g/mol. The van der Waals surface area contributed by atoms with Gasteiger partial charge < -0.3 is 4.42 Å². The first-order chi connectivity index (χ1) is 14.4. The number of hydrogen-bond acceptors (Lipinski definition) is 2. The zero-order valence-corrected chi connectivity index (χ0v) is 19.0. The summed E-state index contributed by atoms with van der Waals surface area (Å²) in [4.78, 5) is 5.05. The molecule has 0 amide bonds. The topological polar surface area (TPSA) is 26.0 Å². The van der Waals surface area contributed by atoms with E-state index in [1.54, 1.807) is 11.1 Å². The normalized spacial score (nSPS) is 25.2. The van der Waals surface area contributed by atoms with E-state index < -0.39 is 0 Å². The number of aryl methyl sites for hydroxylation is 1. The molecule has 0 spiro atoms. The van der Waals surface area contributed by atoms with Gasteiger partial charge in [0, 0.05) is 17.9 Å². The van der Waals surface area contributed by atoms with Crippen LogP contribution in [0.2, 0.25) is 0 Å². The molecule has 0 saturated carbocycles. The van der Waals surface area contributed by atoms with Gasteiger partial charge in [0.25, 0.3) is 0 Å². The van der Waals surface area contributed by atoms with E-state index in [9.17, 15) is 0 Å². The lowest BCUT2D eigenvalue weighted by molar-refractivity contribution is 0.332. The standard InChI is InChI=1S/C28H33NO/c1-16(2)13-21-14-18(4)22-12-11-17(3)24-26(22)25(21)19(5)27-28(24)30-23(29-27)15-20-9-7-6-8-10-20/h6-10,13,17-18,21-22H,11-12,14-15H2,1-5H3/t17-,18-,21+,22?/m0/s1. The average Bonchev–Trinajstić information content (AvgIpc) is 3.11. The molecule has 2 aromatic carbocycles. The van der Waals surface area contributed by atoms with Gasteiger partial charge in [0.2, 0.25) is 0 Å². The van der Waals surface area contributed by atoms with Crippen molar-refractivity contribution < 1.29 is 4.42 Å². The fraction of sp³-hybridized carbons (Fsp3) is 0.464. The first-order valence-corrected chi connectivity index (χ1v) is 11.6. The minimum atomic E-state index is 0.499. The summed E-state index contributed by atoms with van der Waals surface area (Å²) in [5.74, 6) is 3.26. The number of fused-ring (bicyclic) bond motifs is 2. The summed E-state index contributed by atoms with van der Waals surface area (Å²) < 4.78 is 6.52. The van der Waals surface area contributed by atoms with Crippen LogP contribution in [0, 0.1) is 12.8 Å². The zero-order chi connectivity index (χ0) is 21.0. The van der Waals surface area contributed by atoms with E-state index in [0.717, 1.165) is 23.4 Å². The maximum atomic E-state index is 6.52. The fourth-order valence-corrected chi connectivity index (χ4v) is 6.13. The fourth-order valence-electron chi connectivity index (χ4n) is 6.13. The lowest BCUT2D eigenvalue weighted by Crippen LogP contribution is -2.28. The Bertz CT molecular complexity index is 1120. The zero-order valence-electron chi connectivity index (χ0n) is 19.0. The molecule has 1 unspecified atom stereocenters. The Labute approximate surface area is 180 Å². The van der Waals surface area contributed by atoms with E-state index >= 15 is 0 Å². The molecular formula is C28H33NO. The van der Waals surface area contributed by atoms with Gasteiger partial charge in [-0.1, -0.05) is 55.8 Å². The summed E-state index contributed by atoms with van der Waals surface area (Å²) in [6.45, 7) is 11.6. The second-order valence-electron chi connectivity index (χ2n) is 9.96. The van der Waals surface area contributed by atoms with Crippen LogP contribution < -0.4 is 0 Å². The first-order valence-electron chi connectivity index (χ1n) is 11.6. The summed E-state index contributed by atoms with van der Waals surface area (Å²) >= 11 is 0. The van der Waals surface area contributed by atoms with Crippen LogP contribution in [0.15, 0.2) is 46.4 Å². The Balaban J connectivity index is 1.75. The summed E-state index contributed by atoms with van der Waals surface area (Å²) in [5, 5.41) is 0. The van der Waals surface area contributed by atoms with Gasteiger partial charge in [-0.3, -0.25) is 0 Å². The molecule has 156 valence electrons. The van der Waals surface area contributed by atoms with Crippen molar-refractivity contribution >= 4 is 11.1 Å². The van der Waals surface area contributed by atoms with Gasteiger partial charge in [-0.15, -0.1) is 0 Å². The number of benzene rings is 2. The first kappa shape index (κ1) is 19.6. The molecule has 2 heteroatoms. The largest absolute Gasteiger partial charge is 0.440 e. The Hall–Kier alpha value is -2.35. The van der Waals surface area contributed by atoms with Crippen molar-refractivity contribution in [2.24, 2.45) is 5.92 Å². The molecular weight excluding hydrogens is 366 g/mol. The minimum absolute atomic E-state index is 0.499. The quantitative estimate of drug-likeness (QED) is 0.420. The number of nitrogens with zero attached hydrogens (tertiary/aromatic N) is 1. The Morgan fingerprint density at radius 3 is 2.57 bits per heavy atom. The SMILES string of the molecule is CC(C)=C[C@@H]1C[C@H](C)C2CC[C@H](C)c3c2c1c(C)c1nc(Cc2ccccc2)oc31. The third kappa shape index (κ3) is 3.12. The van der Waals surface area contributed by atoms with Gasteiger partial charge >= 0.3 is 0 Å². The maximum absolute atomic E-state index is 6.52. The number of rotatable bonds is 3. The highest BCUT2D eigenvalue weighted by atomic mass is 16.3. The maximum Gasteiger partial charge on any atom is 0.199 e. The van der Waals surface area contributed by atoms with Crippen molar-refractivity contribution in [3.8, 4) is 0 Å². The van der Waals surface area contributed by atoms with Gasteiger partial charge in [-0.2, -0.15) is 0 Å². The van der Waals surface area contributed by atoms with Crippen molar-refractivity contribution in [2.45, 2.75) is 78.1 Å². The van der Waals surface area contributed by atoms with Crippen molar-refractivity contribution in [1.29, 1.82) is 0 Å². The molecule has 0 aliphatic heterocycles. The molecule has 0 fully saturated rings. The van der Waals surface area contributed by atoms with E-state index in [4.69, 9.17) is 9.40 Å². The van der Waals surface area contributed by atoms with E-state index in [-0.39, 0.29) is 0 Å². The van der Waals surface area contributed by atoms with Crippen molar-refractivity contribution in [1.82, 2.24) is 4.98 Å². The molecule has 0 N–H and O–H groups in total. The van der Waals surface area contributed by atoms with E-state index in [1.165, 1.54) is 41.5 Å². The summed E-state index contributed by atoms with van der Waals surface area (Å²) in [6.07, 6.45) is 7.05. The van der Waals surface area contributed by atoms with E-state index in [2.05, 4.69) is 71.0 Å².